The second-order valence-electron chi connectivity index (χ2n) is 6.15. The van der Waals surface area contributed by atoms with Crippen molar-refractivity contribution in [1.29, 1.82) is 0 Å². The zero-order chi connectivity index (χ0) is 19.4. The normalized spacial score (nSPS) is 10.3. The van der Waals surface area contributed by atoms with Gasteiger partial charge >= 0.3 is 0 Å². The van der Waals surface area contributed by atoms with E-state index in [0.29, 0.717) is 11.4 Å². The molecule has 7 heteroatoms. The van der Waals surface area contributed by atoms with Gasteiger partial charge in [-0.3, -0.25) is 9.59 Å². The van der Waals surface area contributed by atoms with Crippen LogP contribution < -0.4 is 16.0 Å². The maximum atomic E-state index is 11.6. The van der Waals surface area contributed by atoms with E-state index in [1.165, 1.54) is 30.7 Å². The number of carbonyl (C=O) groups is 2. The Morgan fingerprint density at radius 3 is 2.26 bits per heavy atom. The quantitative estimate of drug-likeness (QED) is 0.595. The molecule has 27 heavy (non-hydrogen) atoms. The summed E-state index contributed by atoms with van der Waals surface area (Å²) in [5.41, 5.74) is 4.90. The summed E-state index contributed by atoms with van der Waals surface area (Å²) in [7, 11) is 0. The van der Waals surface area contributed by atoms with Crippen LogP contribution in [0.5, 0.6) is 0 Å². The van der Waals surface area contributed by atoms with Crippen molar-refractivity contribution in [2.24, 2.45) is 0 Å². The first-order chi connectivity index (χ1) is 12.9. The lowest BCUT2D eigenvalue weighted by Crippen LogP contribution is -2.09. The third kappa shape index (κ3) is 4.92. The third-order valence-electron chi connectivity index (χ3n) is 3.73. The van der Waals surface area contributed by atoms with Crippen LogP contribution in [0.1, 0.15) is 19.4 Å². The van der Waals surface area contributed by atoms with Crippen LogP contribution >= 0.6 is 11.3 Å². The molecule has 3 aromatic rings. The highest BCUT2D eigenvalue weighted by molar-refractivity contribution is 7.14. The monoisotopic (exact) mass is 380 g/mol. The van der Waals surface area contributed by atoms with Crippen LogP contribution in [0.15, 0.2) is 47.8 Å². The van der Waals surface area contributed by atoms with Crippen molar-refractivity contribution in [3.63, 3.8) is 0 Å². The van der Waals surface area contributed by atoms with Crippen molar-refractivity contribution in [1.82, 2.24) is 4.98 Å². The standard InChI is InChI=1S/C20H20N4O2S/c1-12-4-6-15(7-5-12)23-20-24-19(11-27-20)17-9-8-16(21-13(2)25)10-18(17)22-14(3)26/h4-11H,1-3H3,(H,21,25)(H,22,26)(H,23,24). The average Bonchev–Trinajstić information content (AvgIpc) is 3.04. The van der Waals surface area contributed by atoms with Gasteiger partial charge in [0.15, 0.2) is 5.13 Å². The summed E-state index contributed by atoms with van der Waals surface area (Å²) in [6, 6.07) is 13.4. The first-order valence-corrected chi connectivity index (χ1v) is 9.27. The molecule has 138 valence electrons. The Hall–Kier alpha value is -3.19. The molecule has 0 bridgehead atoms. The fourth-order valence-electron chi connectivity index (χ4n) is 2.56. The van der Waals surface area contributed by atoms with Crippen LogP contribution in [0.25, 0.3) is 11.3 Å². The lowest BCUT2D eigenvalue weighted by molar-refractivity contribution is -0.115. The van der Waals surface area contributed by atoms with E-state index in [-0.39, 0.29) is 11.8 Å². The number of nitrogens with one attached hydrogen (secondary N) is 3. The van der Waals surface area contributed by atoms with Gasteiger partial charge in [-0.2, -0.15) is 0 Å². The first-order valence-electron chi connectivity index (χ1n) is 8.39. The van der Waals surface area contributed by atoms with Gasteiger partial charge in [0, 0.05) is 36.2 Å². The second-order valence-corrected chi connectivity index (χ2v) is 7.01. The zero-order valence-corrected chi connectivity index (χ0v) is 16.1. The van der Waals surface area contributed by atoms with Crippen molar-refractivity contribution in [2.45, 2.75) is 20.8 Å². The summed E-state index contributed by atoms with van der Waals surface area (Å²) >= 11 is 1.48. The number of amides is 2. The number of anilines is 4. The van der Waals surface area contributed by atoms with Gasteiger partial charge in [0.1, 0.15) is 0 Å². The van der Waals surface area contributed by atoms with Crippen LogP contribution in [0, 0.1) is 6.92 Å². The van der Waals surface area contributed by atoms with Crippen LogP contribution in [0.2, 0.25) is 0 Å². The van der Waals surface area contributed by atoms with E-state index in [2.05, 4.69) is 20.9 Å². The molecule has 0 fully saturated rings. The smallest absolute Gasteiger partial charge is 0.221 e. The first kappa shape index (κ1) is 18.6. The average molecular weight is 380 g/mol. The molecule has 0 radical (unpaired) electrons. The summed E-state index contributed by atoms with van der Waals surface area (Å²) in [4.78, 5) is 27.5. The Morgan fingerprint density at radius 2 is 1.59 bits per heavy atom. The molecule has 6 nitrogen and oxygen atoms in total. The fourth-order valence-corrected chi connectivity index (χ4v) is 3.29. The molecule has 2 aromatic carbocycles. The molecule has 0 saturated heterocycles. The predicted octanol–water partition coefficient (Wildman–Crippen LogP) is 4.78. The molecule has 2 amide bonds. The van der Waals surface area contributed by atoms with E-state index in [1.54, 1.807) is 12.1 Å². The summed E-state index contributed by atoms with van der Waals surface area (Å²) in [5.74, 6) is -0.362. The molecule has 0 aliphatic rings. The molecular formula is C20H20N4O2S. The Morgan fingerprint density at radius 1 is 0.926 bits per heavy atom. The number of carbonyl (C=O) groups excluding carboxylic acids is 2. The molecule has 0 aliphatic heterocycles. The van der Waals surface area contributed by atoms with Gasteiger partial charge in [0.2, 0.25) is 11.8 Å². The number of nitrogens with zero attached hydrogens (tertiary/aromatic N) is 1. The lowest BCUT2D eigenvalue weighted by atomic mass is 10.1. The van der Waals surface area contributed by atoms with Gasteiger partial charge in [-0.25, -0.2) is 4.98 Å². The maximum Gasteiger partial charge on any atom is 0.221 e. The molecule has 0 unspecified atom stereocenters. The Bertz CT molecular complexity index is 980. The Kier molecular flexibility index (Phi) is 5.52. The molecule has 1 aromatic heterocycles. The maximum absolute atomic E-state index is 11.6. The Balaban J connectivity index is 1.88. The van der Waals surface area contributed by atoms with Crippen molar-refractivity contribution >= 4 is 45.3 Å². The number of hydrogen-bond donors (Lipinski definition) is 3. The summed E-state index contributed by atoms with van der Waals surface area (Å²) in [6.45, 7) is 4.93. The van der Waals surface area contributed by atoms with Crippen LogP contribution in [-0.4, -0.2) is 16.8 Å². The number of aromatic nitrogens is 1. The summed E-state index contributed by atoms with van der Waals surface area (Å²) in [5, 5.41) is 11.5. The van der Waals surface area contributed by atoms with Gasteiger partial charge in [0.25, 0.3) is 0 Å². The van der Waals surface area contributed by atoms with Crippen LogP contribution in [0.3, 0.4) is 0 Å². The molecule has 0 atom stereocenters. The zero-order valence-electron chi connectivity index (χ0n) is 15.3. The van der Waals surface area contributed by atoms with E-state index in [1.807, 2.05) is 42.6 Å². The Labute approximate surface area is 161 Å². The van der Waals surface area contributed by atoms with Crippen molar-refractivity contribution < 1.29 is 9.59 Å². The molecule has 3 rings (SSSR count). The van der Waals surface area contributed by atoms with Crippen LogP contribution in [-0.2, 0) is 9.59 Å². The minimum absolute atomic E-state index is 0.172. The SMILES string of the molecule is CC(=O)Nc1ccc(-c2csc(Nc3ccc(C)cc3)n2)c(NC(C)=O)c1. The van der Waals surface area contributed by atoms with Crippen LogP contribution in [0.4, 0.5) is 22.2 Å². The topological polar surface area (TPSA) is 83.1 Å². The van der Waals surface area contributed by atoms with E-state index in [4.69, 9.17) is 0 Å². The molecule has 0 aliphatic carbocycles. The molecular weight excluding hydrogens is 360 g/mol. The lowest BCUT2D eigenvalue weighted by Gasteiger charge is -2.11. The van der Waals surface area contributed by atoms with Gasteiger partial charge in [-0.15, -0.1) is 11.3 Å². The van der Waals surface area contributed by atoms with Gasteiger partial charge in [-0.05, 0) is 37.3 Å². The van der Waals surface area contributed by atoms with E-state index >= 15 is 0 Å². The van der Waals surface area contributed by atoms with E-state index in [9.17, 15) is 9.59 Å². The number of rotatable bonds is 5. The highest BCUT2D eigenvalue weighted by atomic mass is 32.1. The fraction of sp³-hybridized carbons (Fsp3) is 0.150. The van der Waals surface area contributed by atoms with Gasteiger partial charge in [-0.1, -0.05) is 17.7 Å². The number of thiazole rings is 1. The number of benzene rings is 2. The second kappa shape index (κ2) is 8.01. The highest BCUT2D eigenvalue weighted by Crippen LogP contribution is 2.33. The number of hydrogen-bond acceptors (Lipinski definition) is 5. The third-order valence-corrected chi connectivity index (χ3v) is 4.49. The molecule has 1 heterocycles. The van der Waals surface area contributed by atoms with E-state index in [0.717, 1.165) is 22.1 Å². The van der Waals surface area contributed by atoms with Crippen molar-refractivity contribution in [3.8, 4) is 11.3 Å². The predicted molar refractivity (Wildman–Crippen MR) is 111 cm³/mol. The minimum atomic E-state index is -0.190. The largest absolute Gasteiger partial charge is 0.332 e. The molecule has 0 spiro atoms. The molecule has 0 saturated carbocycles. The number of aryl methyl sites for hydroxylation is 1. The molecule has 3 N–H and O–H groups in total. The minimum Gasteiger partial charge on any atom is -0.332 e. The summed E-state index contributed by atoms with van der Waals surface area (Å²) in [6.07, 6.45) is 0. The highest BCUT2D eigenvalue weighted by Gasteiger charge is 2.12. The van der Waals surface area contributed by atoms with Gasteiger partial charge in [0.05, 0.1) is 11.4 Å². The summed E-state index contributed by atoms with van der Waals surface area (Å²) < 4.78 is 0. The van der Waals surface area contributed by atoms with Crippen molar-refractivity contribution in [2.75, 3.05) is 16.0 Å². The van der Waals surface area contributed by atoms with Crippen molar-refractivity contribution in [3.05, 3.63) is 53.4 Å². The van der Waals surface area contributed by atoms with Gasteiger partial charge < -0.3 is 16.0 Å². The van der Waals surface area contributed by atoms with E-state index < -0.39 is 0 Å².